The van der Waals surface area contributed by atoms with Crippen LogP contribution in [0, 0.1) is 5.92 Å². The highest BCUT2D eigenvalue weighted by atomic mass is 35.5. The summed E-state index contributed by atoms with van der Waals surface area (Å²) in [7, 11) is -3.59. The number of hydrogen-bond donors (Lipinski definition) is 2. The first-order valence-electron chi connectivity index (χ1n) is 8.09. The third kappa shape index (κ3) is 3.96. The molecule has 0 radical (unpaired) electrons. The first-order chi connectivity index (χ1) is 11.4. The summed E-state index contributed by atoms with van der Waals surface area (Å²) in [6.07, 6.45) is 0. The number of piperazine rings is 1. The van der Waals surface area contributed by atoms with Gasteiger partial charge in [-0.3, -0.25) is 14.5 Å². The number of fused-ring (bicyclic) bond motifs is 1. The Morgan fingerprint density at radius 3 is 2.48 bits per heavy atom. The van der Waals surface area contributed by atoms with Gasteiger partial charge in [-0.2, -0.15) is 0 Å². The lowest BCUT2D eigenvalue weighted by atomic mass is 10.0. The van der Waals surface area contributed by atoms with E-state index in [9.17, 15) is 13.2 Å². The number of nitrogens with zero attached hydrogens (tertiary/aromatic N) is 2. The summed E-state index contributed by atoms with van der Waals surface area (Å²) in [6, 6.07) is 6.08. The zero-order valence-corrected chi connectivity index (χ0v) is 15.9. The summed E-state index contributed by atoms with van der Waals surface area (Å²) in [5.41, 5.74) is 0.524. The SMILES string of the molecule is CC(C)[C@H](N=C1NS(=O)(=O)c2ccccc21)C(=O)N1CCNCC1.Cl. The first-order valence-corrected chi connectivity index (χ1v) is 9.58. The fourth-order valence-corrected chi connectivity index (χ4v) is 4.17. The highest BCUT2D eigenvalue weighted by Gasteiger charge is 2.34. The van der Waals surface area contributed by atoms with Crippen molar-refractivity contribution in [3.63, 3.8) is 0 Å². The van der Waals surface area contributed by atoms with Gasteiger partial charge >= 0.3 is 0 Å². The van der Waals surface area contributed by atoms with E-state index in [4.69, 9.17) is 0 Å². The predicted octanol–water partition coefficient (Wildman–Crippen LogP) is 0.603. The highest BCUT2D eigenvalue weighted by Crippen LogP contribution is 2.23. The van der Waals surface area contributed by atoms with Crippen LogP contribution in [0.1, 0.15) is 19.4 Å². The second-order valence-corrected chi connectivity index (χ2v) is 7.99. The summed E-state index contributed by atoms with van der Waals surface area (Å²) in [6.45, 7) is 6.67. The lowest BCUT2D eigenvalue weighted by Crippen LogP contribution is -2.50. The molecule has 1 aromatic rings. The molecule has 1 amide bonds. The van der Waals surface area contributed by atoms with Gasteiger partial charge in [-0.1, -0.05) is 26.0 Å². The van der Waals surface area contributed by atoms with Crippen molar-refractivity contribution in [3.8, 4) is 0 Å². The van der Waals surface area contributed by atoms with Gasteiger partial charge in [-0.15, -0.1) is 12.4 Å². The molecule has 138 valence electrons. The fourth-order valence-electron chi connectivity index (χ4n) is 2.93. The number of nitrogens with one attached hydrogen (secondary N) is 2. The molecule has 0 aromatic heterocycles. The van der Waals surface area contributed by atoms with Crippen LogP contribution in [0.25, 0.3) is 0 Å². The van der Waals surface area contributed by atoms with Crippen LogP contribution in [0.15, 0.2) is 34.2 Å². The molecule has 3 rings (SSSR count). The number of rotatable bonds is 3. The Morgan fingerprint density at radius 1 is 1.20 bits per heavy atom. The summed E-state index contributed by atoms with van der Waals surface area (Å²) in [5, 5.41) is 3.21. The Kier molecular flexibility index (Phi) is 6.08. The zero-order chi connectivity index (χ0) is 17.3. The fraction of sp³-hybridized carbons (Fsp3) is 0.500. The minimum Gasteiger partial charge on any atom is -0.338 e. The molecule has 0 bridgehead atoms. The van der Waals surface area contributed by atoms with E-state index < -0.39 is 16.1 Å². The molecule has 25 heavy (non-hydrogen) atoms. The van der Waals surface area contributed by atoms with Crippen LogP contribution in [0.3, 0.4) is 0 Å². The van der Waals surface area contributed by atoms with Gasteiger partial charge < -0.3 is 10.2 Å². The molecule has 2 aliphatic rings. The van der Waals surface area contributed by atoms with Crippen LogP contribution in [0.4, 0.5) is 0 Å². The number of sulfonamides is 1. The number of aliphatic imine (C=N–C) groups is 1. The number of carbonyl (C=O) groups excluding carboxylic acids is 1. The minimum atomic E-state index is -3.59. The van der Waals surface area contributed by atoms with Crippen molar-refractivity contribution < 1.29 is 13.2 Å². The summed E-state index contributed by atoms with van der Waals surface area (Å²) in [5.74, 6) is 0.174. The van der Waals surface area contributed by atoms with Crippen molar-refractivity contribution in [1.29, 1.82) is 0 Å². The van der Waals surface area contributed by atoms with Gasteiger partial charge in [0, 0.05) is 31.7 Å². The average Bonchev–Trinajstić information content (AvgIpc) is 2.84. The largest absolute Gasteiger partial charge is 0.338 e. The van der Waals surface area contributed by atoms with E-state index in [1.165, 1.54) is 0 Å². The van der Waals surface area contributed by atoms with Crippen molar-refractivity contribution in [3.05, 3.63) is 29.8 Å². The van der Waals surface area contributed by atoms with Gasteiger partial charge in [0.25, 0.3) is 10.0 Å². The molecule has 0 spiro atoms. The third-order valence-corrected chi connectivity index (χ3v) is 5.64. The lowest BCUT2D eigenvalue weighted by molar-refractivity contribution is -0.134. The van der Waals surface area contributed by atoms with E-state index in [-0.39, 0.29) is 35.0 Å². The third-order valence-electron chi connectivity index (χ3n) is 4.24. The van der Waals surface area contributed by atoms with E-state index in [1.807, 2.05) is 13.8 Å². The molecular weight excluding hydrogens is 364 g/mol. The molecule has 2 N–H and O–H groups in total. The zero-order valence-electron chi connectivity index (χ0n) is 14.2. The van der Waals surface area contributed by atoms with E-state index >= 15 is 0 Å². The molecule has 9 heteroatoms. The van der Waals surface area contributed by atoms with E-state index in [2.05, 4.69) is 15.0 Å². The number of carbonyl (C=O) groups is 1. The van der Waals surface area contributed by atoms with Crippen LogP contribution in [-0.4, -0.2) is 57.3 Å². The molecular formula is C16H23ClN4O3S. The topological polar surface area (TPSA) is 90.9 Å². The standard InChI is InChI=1S/C16H22N4O3S.ClH/c1-11(2)14(16(21)20-9-7-17-8-10-20)18-15-12-5-3-4-6-13(12)24(22,23)19-15;/h3-6,11,14,17H,7-10H2,1-2H3,(H,18,19);1H/t14-;/m0./s1. The van der Waals surface area contributed by atoms with Gasteiger partial charge in [0.05, 0.1) is 4.90 Å². The smallest absolute Gasteiger partial charge is 0.263 e. The van der Waals surface area contributed by atoms with Gasteiger partial charge in [-0.05, 0) is 18.1 Å². The number of halogens is 1. The first kappa shape index (κ1) is 19.7. The summed E-state index contributed by atoms with van der Waals surface area (Å²) >= 11 is 0. The van der Waals surface area contributed by atoms with Gasteiger partial charge in [0.15, 0.2) is 0 Å². The van der Waals surface area contributed by atoms with E-state index in [1.54, 1.807) is 29.2 Å². The molecule has 0 unspecified atom stereocenters. The number of hydrogen-bond acceptors (Lipinski definition) is 5. The number of benzene rings is 1. The van der Waals surface area contributed by atoms with Crippen LogP contribution >= 0.6 is 12.4 Å². The maximum absolute atomic E-state index is 12.8. The molecule has 1 fully saturated rings. The van der Waals surface area contributed by atoms with Crippen LogP contribution in [0.5, 0.6) is 0 Å². The quantitative estimate of drug-likeness (QED) is 0.796. The van der Waals surface area contributed by atoms with Crippen molar-refractivity contribution in [2.45, 2.75) is 24.8 Å². The maximum atomic E-state index is 12.8. The van der Waals surface area contributed by atoms with Crippen molar-refractivity contribution >= 4 is 34.2 Å². The van der Waals surface area contributed by atoms with Crippen molar-refractivity contribution in [2.24, 2.45) is 10.9 Å². The molecule has 2 heterocycles. The van der Waals surface area contributed by atoms with Gasteiger partial charge in [0.2, 0.25) is 5.91 Å². The van der Waals surface area contributed by atoms with Gasteiger partial charge in [-0.25, -0.2) is 8.42 Å². The Balaban J connectivity index is 0.00000225. The predicted molar refractivity (Wildman–Crippen MR) is 98.6 cm³/mol. The summed E-state index contributed by atoms with van der Waals surface area (Å²) < 4.78 is 26.9. The minimum absolute atomic E-state index is 0. The van der Waals surface area contributed by atoms with Crippen molar-refractivity contribution in [1.82, 2.24) is 14.9 Å². The second-order valence-electron chi connectivity index (χ2n) is 6.34. The Morgan fingerprint density at radius 2 is 1.84 bits per heavy atom. The Bertz CT molecular complexity index is 773. The lowest BCUT2D eigenvalue weighted by Gasteiger charge is -2.31. The Hall–Kier alpha value is -1.64. The maximum Gasteiger partial charge on any atom is 0.263 e. The van der Waals surface area contributed by atoms with E-state index in [0.717, 1.165) is 13.1 Å². The van der Waals surface area contributed by atoms with Crippen LogP contribution in [0.2, 0.25) is 0 Å². The van der Waals surface area contributed by atoms with Crippen LogP contribution in [-0.2, 0) is 14.8 Å². The average molecular weight is 387 g/mol. The second kappa shape index (κ2) is 7.72. The molecule has 7 nitrogen and oxygen atoms in total. The Labute approximate surface area is 154 Å². The highest BCUT2D eigenvalue weighted by molar-refractivity contribution is 7.90. The van der Waals surface area contributed by atoms with E-state index in [0.29, 0.717) is 18.7 Å². The van der Waals surface area contributed by atoms with Crippen molar-refractivity contribution in [2.75, 3.05) is 26.2 Å². The number of amides is 1. The number of amidine groups is 1. The molecule has 0 saturated carbocycles. The molecule has 1 atom stereocenters. The monoisotopic (exact) mass is 386 g/mol. The molecule has 1 saturated heterocycles. The van der Waals surface area contributed by atoms with Crippen LogP contribution < -0.4 is 10.0 Å². The molecule has 0 aliphatic carbocycles. The summed E-state index contributed by atoms with van der Waals surface area (Å²) in [4.78, 5) is 19.3. The molecule has 2 aliphatic heterocycles. The normalized spacial score (nSPS) is 21.4. The van der Waals surface area contributed by atoms with Gasteiger partial charge in [0.1, 0.15) is 11.9 Å². The molecule has 1 aromatic carbocycles.